The van der Waals surface area contributed by atoms with Gasteiger partial charge >= 0.3 is 11.9 Å². The van der Waals surface area contributed by atoms with E-state index >= 15 is 0 Å². The third-order valence-corrected chi connectivity index (χ3v) is 1.71. The molecule has 0 fully saturated rings. The number of hydrogen-bond acceptors (Lipinski definition) is 5. The summed E-state index contributed by atoms with van der Waals surface area (Å²) in [5.74, 6) is 2.49. The van der Waals surface area contributed by atoms with Crippen LogP contribution in [0.2, 0.25) is 0 Å². The number of carbonyl (C=O) groups excluding carboxylic acids is 1. The van der Waals surface area contributed by atoms with Crippen LogP contribution in [0.15, 0.2) is 18.2 Å². The largest absolute Gasteiger partial charge is 0.478 e. The van der Waals surface area contributed by atoms with Crippen LogP contribution in [0.25, 0.3) is 0 Å². The molecule has 0 saturated heterocycles. The van der Waals surface area contributed by atoms with E-state index in [9.17, 15) is 9.59 Å². The minimum absolute atomic E-state index is 0.0195. The summed E-state index contributed by atoms with van der Waals surface area (Å²) in [5.41, 5.74) is -0.314. The maximum atomic E-state index is 11.0. The first-order valence-electron chi connectivity index (χ1n) is 3.78. The van der Waals surface area contributed by atoms with Gasteiger partial charge in [0, 0.05) is 0 Å². The molecule has 0 bridgehead atoms. The van der Waals surface area contributed by atoms with Crippen molar-refractivity contribution in [3.05, 3.63) is 34.9 Å². The number of rotatable bonds is 2. The molecule has 0 heterocycles. The summed E-state index contributed by atoms with van der Waals surface area (Å²) in [7, 11) is 0. The topological polar surface area (TPSA) is 113 Å². The van der Waals surface area contributed by atoms with Crippen molar-refractivity contribution in [2.75, 3.05) is 0 Å². The summed E-state index contributed by atoms with van der Waals surface area (Å²) in [6.07, 6.45) is 0. The molecular formula is C9H6N2O4. The van der Waals surface area contributed by atoms with Gasteiger partial charge in [0.2, 0.25) is 0 Å². The highest BCUT2D eigenvalue weighted by molar-refractivity contribution is 5.96. The van der Waals surface area contributed by atoms with E-state index in [-0.39, 0.29) is 16.7 Å². The predicted octanol–water partition coefficient (Wildman–Crippen LogP) is 0.287. The van der Waals surface area contributed by atoms with Gasteiger partial charge in [0.1, 0.15) is 6.07 Å². The summed E-state index contributed by atoms with van der Waals surface area (Å²) < 4.78 is 0. The lowest BCUT2D eigenvalue weighted by Crippen LogP contribution is -2.11. The number of carbonyl (C=O) groups is 2. The highest BCUT2D eigenvalue weighted by Gasteiger charge is 2.14. The van der Waals surface area contributed by atoms with Crippen molar-refractivity contribution in [1.82, 2.24) is 0 Å². The molecule has 0 aromatic heterocycles. The summed E-state index contributed by atoms with van der Waals surface area (Å²) in [4.78, 5) is 25.6. The lowest BCUT2D eigenvalue weighted by Gasteiger charge is -2.01. The maximum absolute atomic E-state index is 11.0. The fraction of sp³-hybridized carbons (Fsp3) is 0. The SMILES string of the molecule is N#Cc1ccc(C(=O)ON)cc1C(=O)O. The van der Waals surface area contributed by atoms with Gasteiger partial charge in [-0.05, 0) is 18.2 Å². The number of hydrogen-bond donors (Lipinski definition) is 2. The third-order valence-electron chi connectivity index (χ3n) is 1.71. The van der Waals surface area contributed by atoms with E-state index in [2.05, 4.69) is 10.7 Å². The van der Waals surface area contributed by atoms with E-state index in [0.29, 0.717) is 0 Å². The van der Waals surface area contributed by atoms with Gasteiger partial charge in [-0.1, -0.05) is 0 Å². The molecule has 0 spiro atoms. The van der Waals surface area contributed by atoms with Crippen molar-refractivity contribution in [1.29, 1.82) is 5.26 Å². The first-order chi connectivity index (χ1) is 7.10. The van der Waals surface area contributed by atoms with E-state index in [0.717, 1.165) is 6.07 Å². The van der Waals surface area contributed by atoms with Crippen LogP contribution in [0.1, 0.15) is 26.3 Å². The second-order valence-corrected chi connectivity index (χ2v) is 2.58. The van der Waals surface area contributed by atoms with Crippen molar-refractivity contribution >= 4 is 11.9 Å². The number of nitriles is 1. The summed E-state index contributed by atoms with van der Waals surface area (Å²) in [6.45, 7) is 0. The number of aromatic carboxylic acids is 1. The van der Waals surface area contributed by atoms with Gasteiger partial charge in [0.15, 0.2) is 0 Å². The predicted molar refractivity (Wildman–Crippen MR) is 47.7 cm³/mol. The first kappa shape index (κ1) is 10.7. The minimum atomic E-state index is -1.29. The Kier molecular flexibility index (Phi) is 3.00. The van der Waals surface area contributed by atoms with Crippen molar-refractivity contribution in [2.24, 2.45) is 5.90 Å². The van der Waals surface area contributed by atoms with Gasteiger partial charge in [-0.25, -0.2) is 9.59 Å². The van der Waals surface area contributed by atoms with E-state index < -0.39 is 11.9 Å². The Hall–Kier alpha value is -2.39. The molecular weight excluding hydrogens is 200 g/mol. The standard InChI is InChI=1S/C9H6N2O4/c10-4-6-2-1-5(9(14)15-11)3-7(6)8(12)13/h1-3H,11H2,(H,12,13). The fourth-order valence-corrected chi connectivity index (χ4v) is 1.01. The monoisotopic (exact) mass is 206 g/mol. The quantitative estimate of drug-likeness (QED) is 0.672. The van der Waals surface area contributed by atoms with Crippen molar-refractivity contribution in [3.63, 3.8) is 0 Å². The molecule has 0 aliphatic carbocycles. The average molecular weight is 206 g/mol. The van der Waals surface area contributed by atoms with Crippen LogP contribution in [0.3, 0.4) is 0 Å². The molecule has 0 saturated carbocycles. The second-order valence-electron chi connectivity index (χ2n) is 2.58. The van der Waals surface area contributed by atoms with E-state index in [1.54, 1.807) is 6.07 Å². The van der Waals surface area contributed by atoms with Crippen LogP contribution >= 0.6 is 0 Å². The lowest BCUT2D eigenvalue weighted by molar-refractivity contribution is 0.0503. The van der Waals surface area contributed by atoms with E-state index in [4.69, 9.17) is 10.4 Å². The lowest BCUT2D eigenvalue weighted by atomic mass is 10.1. The smallest absolute Gasteiger partial charge is 0.356 e. The molecule has 1 aromatic carbocycles. The van der Waals surface area contributed by atoms with Gasteiger partial charge in [-0.3, -0.25) is 0 Å². The average Bonchev–Trinajstić information content (AvgIpc) is 2.27. The van der Waals surface area contributed by atoms with Crippen LogP contribution in [0, 0.1) is 11.3 Å². The van der Waals surface area contributed by atoms with E-state index in [1.807, 2.05) is 0 Å². The molecule has 15 heavy (non-hydrogen) atoms. The Labute approximate surface area is 84.4 Å². The molecule has 0 unspecified atom stereocenters. The van der Waals surface area contributed by atoms with Gasteiger partial charge in [-0.2, -0.15) is 11.2 Å². The summed E-state index contributed by atoms with van der Waals surface area (Å²) >= 11 is 0. The molecule has 0 radical (unpaired) electrons. The van der Waals surface area contributed by atoms with Crippen LogP contribution in [0.4, 0.5) is 0 Å². The highest BCUT2D eigenvalue weighted by Crippen LogP contribution is 2.12. The zero-order valence-corrected chi connectivity index (χ0v) is 7.43. The Morgan fingerprint density at radius 1 is 1.47 bits per heavy atom. The number of carboxylic acids is 1. The first-order valence-corrected chi connectivity index (χ1v) is 3.78. The third kappa shape index (κ3) is 2.10. The fourth-order valence-electron chi connectivity index (χ4n) is 1.01. The van der Waals surface area contributed by atoms with Crippen molar-refractivity contribution < 1.29 is 19.5 Å². The van der Waals surface area contributed by atoms with Gasteiger partial charge in [-0.15, -0.1) is 0 Å². The Morgan fingerprint density at radius 3 is 2.60 bits per heavy atom. The van der Waals surface area contributed by atoms with Crippen LogP contribution in [-0.4, -0.2) is 17.0 Å². The summed E-state index contributed by atoms with van der Waals surface area (Å²) in [5, 5.41) is 17.3. The number of nitrogens with two attached hydrogens (primary N) is 1. The maximum Gasteiger partial charge on any atom is 0.356 e. The Morgan fingerprint density at radius 2 is 2.13 bits per heavy atom. The van der Waals surface area contributed by atoms with Crippen molar-refractivity contribution in [2.45, 2.75) is 0 Å². The Bertz CT molecular complexity index is 462. The molecule has 0 aliphatic rings. The zero-order valence-electron chi connectivity index (χ0n) is 7.43. The van der Waals surface area contributed by atoms with E-state index in [1.165, 1.54) is 12.1 Å². The van der Waals surface area contributed by atoms with Gasteiger partial charge in [0.05, 0.1) is 16.7 Å². The second kappa shape index (κ2) is 4.21. The molecule has 6 nitrogen and oxygen atoms in total. The van der Waals surface area contributed by atoms with Gasteiger partial charge < -0.3 is 9.94 Å². The number of carboxylic acid groups (broad SMARTS) is 1. The summed E-state index contributed by atoms with van der Waals surface area (Å²) in [6, 6.07) is 5.22. The number of benzene rings is 1. The van der Waals surface area contributed by atoms with Crippen LogP contribution in [-0.2, 0) is 4.84 Å². The molecule has 1 rings (SSSR count). The molecule has 0 aliphatic heterocycles. The van der Waals surface area contributed by atoms with Crippen LogP contribution in [0.5, 0.6) is 0 Å². The minimum Gasteiger partial charge on any atom is -0.478 e. The Balaban J connectivity index is 3.29. The normalized spacial score (nSPS) is 9.07. The van der Waals surface area contributed by atoms with Gasteiger partial charge in [0.25, 0.3) is 0 Å². The molecule has 3 N–H and O–H groups in total. The van der Waals surface area contributed by atoms with Crippen molar-refractivity contribution in [3.8, 4) is 6.07 Å². The molecule has 1 aromatic rings. The van der Waals surface area contributed by atoms with Crippen LogP contribution < -0.4 is 5.90 Å². The molecule has 0 amide bonds. The zero-order chi connectivity index (χ0) is 11.4. The number of nitrogens with zero attached hydrogens (tertiary/aromatic N) is 1. The molecule has 0 atom stereocenters. The molecule has 6 heteroatoms. The molecule has 76 valence electrons. The highest BCUT2D eigenvalue weighted by atomic mass is 16.7.